The maximum Gasteiger partial charge on any atom is 0.0847 e. The number of halogens is 1. The van der Waals surface area contributed by atoms with Crippen LogP contribution in [0.2, 0.25) is 5.02 Å². The van der Waals surface area contributed by atoms with E-state index in [9.17, 15) is 0 Å². The van der Waals surface area contributed by atoms with Crippen molar-refractivity contribution in [1.82, 2.24) is 15.2 Å². The fourth-order valence-corrected chi connectivity index (χ4v) is 2.99. The van der Waals surface area contributed by atoms with Crippen molar-refractivity contribution >= 4 is 22.9 Å². The molecule has 0 bridgehead atoms. The van der Waals surface area contributed by atoms with E-state index in [1.54, 1.807) is 11.3 Å². The van der Waals surface area contributed by atoms with Gasteiger partial charge in [-0.25, -0.2) is 0 Å². The fraction of sp³-hybridized carbons (Fsp3) is 0.417. The van der Waals surface area contributed by atoms with Gasteiger partial charge in [-0.3, -0.25) is 16.0 Å². The molecule has 0 amide bonds. The Labute approximate surface area is 116 Å². The quantitative estimate of drug-likeness (QED) is 0.656. The molecular weight excluding hydrogens is 268 g/mol. The van der Waals surface area contributed by atoms with Crippen LogP contribution in [0.5, 0.6) is 0 Å². The number of nitrogens with zero attached hydrogens (tertiary/aromatic N) is 2. The minimum absolute atomic E-state index is 0.0731. The number of nitrogens with one attached hydrogen (secondary N) is 1. The lowest BCUT2D eigenvalue weighted by molar-refractivity contribution is 0.523. The van der Waals surface area contributed by atoms with Crippen molar-refractivity contribution in [2.24, 2.45) is 5.84 Å². The number of aromatic nitrogens is 2. The maximum atomic E-state index is 6.31. The van der Waals surface area contributed by atoms with Crippen LogP contribution in [0.15, 0.2) is 17.5 Å². The van der Waals surface area contributed by atoms with Gasteiger partial charge in [0.2, 0.25) is 0 Å². The Bertz CT molecular complexity index is 506. The summed E-state index contributed by atoms with van der Waals surface area (Å²) in [7, 11) is 0. The number of nitrogens with two attached hydrogens (primary N) is 1. The Morgan fingerprint density at radius 1 is 1.61 bits per heavy atom. The molecule has 0 aliphatic rings. The van der Waals surface area contributed by atoms with Crippen molar-refractivity contribution in [2.45, 2.75) is 32.9 Å². The molecule has 0 saturated carbocycles. The second-order valence-corrected chi connectivity index (χ2v) is 5.46. The summed E-state index contributed by atoms with van der Waals surface area (Å²) in [5.41, 5.74) is 4.76. The fourth-order valence-electron chi connectivity index (χ4n) is 1.99. The van der Waals surface area contributed by atoms with Gasteiger partial charge in [0.15, 0.2) is 0 Å². The van der Waals surface area contributed by atoms with E-state index >= 15 is 0 Å². The minimum atomic E-state index is 0.0731. The van der Waals surface area contributed by atoms with E-state index in [1.165, 1.54) is 4.88 Å². The predicted octanol–water partition coefficient (Wildman–Crippen LogP) is 2.67. The highest BCUT2D eigenvalue weighted by Crippen LogP contribution is 2.27. The van der Waals surface area contributed by atoms with Crippen molar-refractivity contribution in [3.63, 3.8) is 0 Å². The van der Waals surface area contributed by atoms with Crippen LogP contribution in [-0.2, 0) is 13.0 Å². The van der Waals surface area contributed by atoms with Gasteiger partial charge >= 0.3 is 0 Å². The molecule has 2 heterocycles. The van der Waals surface area contributed by atoms with Gasteiger partial charge in [0.05, 0.1) is 22.5 Å². The van der Waals surface area contributed by atoms with Gasteiger partial charge in [-0.15, -0.1) is 11.3 Å². The third-order valence-corrected chi connectivity index (χ3v) is 4.42. The molecule has 98 valence electrons. The first kappa shape index (κ1) is 13.5. The summed E-state index contributed by atoms with van der Waals surface area (Å²) in [5, 5.41) is 7.21. The molecule has 0 fully saturated rings. The van der Waals surface area contributed by atoms with E-state index in [1.807, 2.05) is 23.1 Å². The summed E-state index contributed by atoms with van der Waals surface area (Å²) in [5.74, 6) is 5.64. The molecule has 0 spiro atoms. The number of hydrogen-bond donors (Lipinski definition) is 2. The second-order valence-electron chi connectivity index (χ2n) is 4.10. The van der Waals surface area contributed by atoms with Gasteiger partial charge in [-0.05, 0) is 25.3 Å². The highest BCUT2D eigenvalue weighted by Gasteiger charge is 2.18. The van der Waals surface area contributed by atoms with E-state index in [2.05, 4.69) is 23.5 Å². The molecule has 2 aromatic rings. The zero-order valence-electron chi connectivity index (χ0n) is 10.5. The summed E-state index contributed by atoms with van der Waals surface area (Å²) in [6.45, 7) is 4.79. The minimum Gasteiger partial charge on any atom is -0.271 e. The molecule has 2 aromatic heterocycles. The molecule has 0 aliphatic carbocycles. The lowest BCUT2D eigenvalue weighted by Gasteiger charge is -2.15. The number of aryl methyl sites for hydroxylation is 2. The van der Waals surface area contributed by atoms with E-state index in [-0.39, 0.29) is 6.04 Å². The lowest BCUT2D eigenvalue weighted by Crippen LogP contribution is -2.29. The van der Waals surface area contributed by atoms with Crippen molar-refractivity contribution in [3.05, 3.63) is 38.8 Å². The topological polar surface area (TPSA) is 55.9 Å². The Morgan fingerprint density at radius 3 is 2.94 bits per heavy atom. The Balaban J connectivity index is 2.27. The van der Waals surface area contributed by atoms with E-state index < -0.39 is 0 Å². The predicted molar refractivity (Wildman–Crippen MR) is 75.7 cm³/mol. The van der Waals surface area contributed by atoms with E-state index in [0.717, 1.165) is 29.4 Å². The zero-order chi connectivity index (χ0) is 13.1. The molecule has 0 saturated heterocycles. The number of rotatable bonds is 5. The number of thiophene rings is 1. The Morgan fingerprint density at radius 2 is 2.39 bits per heavy atom. The average molecular weight is 285 g/mol. The molecule has 1 atom stereocenters. The van der Waals surface area contributed by atoms with Gasteiger partial charge in [0.1, 0.15) is 0 Å². The summed E-state index contributed by atoms with van der Waals surface area (Å²) in [4.78, 5) is 1.20. The molecule has 18 heavy (non-hydrogen) atoms. The molecule has 3 N–H and O–H groups in total. The Hall–Kier alpha value is -0.880. The van der Waals surface area contributed by atoms with Gasteiger partial charge in [-0.2, -0.15) is 5.10 Å². The van der Waals surface area contributed by atoms with Crippen molar-refractivity contribution in [1.29, 1.82) is 0 Å². The van der Waals surface area contributed by atoms with Crippen molar-refractivity contribution in [2.75, 3.05) is 0 Å². The van der Waals surface area contributed by atoms with E-state index in [4.69, 9.17) is 17.4 Å². The van der Waals surface area contributed by atoms with Crippen LogP contribution in [-0.4, -0.2) is 9.78 Å². The second kappa shape index (κ2) is 5.84. The smallest absolute Gasteiger partial charge is 0.0847 e. The molecular formula is C12H17ClN4S. The summed E-state index contributed by atoms with van der Waals surface area (Å²) < 4.78 is 1.94. The lowest BCUT2D eigenvalue weighted by atomic mass is 10.1. The third kappa shape index (κ3) is 2.59. The molecule has 0 aromatic carbocycles. The number of hydrogen-bond acceptors (Lipinski definition) is 4. The van der Waals surface area contributed by atoms with Gasteiger partial charge in [0, 0.05) is 17.8 Å². The maximum absolute atomic E-state index is 6.31. The first-order valence-corrected chi connectivity index (χ1v) is 7.14. The van der Waals surface area contributed by atoms with E-state index in [0.29, 0.717) is 0 Å². The van der Waals surface area contributed by atoms with Gasteiger partial charge in [0.25, 0.3) is 0 Å². The largest absolute Gasteiger partial charge is 0.271 e. The molecule has 2 rings (SSSR count). The number of hydrazine groups is 1. The Kier molecular flexibility index (Phi) is 4.40. The molecule has 0 radical (unpaired) electrons. The van der Waals surface area contributed by atoms with Crippen LogP contribution in [0, 0.1) is 6.92 Å². The van der Waals surface area contributed by atoms with Gasteiger partial charge in [-0.1, -0.05) is 17.7 Å². The van der Waals surface area contributed by atoms with Crippen molar-refractivity contribution < 1.29 is 0 Å². The average Bonchev–Trinajstić information content (AvgIpc) is 2.98. The summed E-state index contributed by atoms with van der Waals surface area (Å²) in [6, 6.07) is 4.17. The molecule has 0 aliphatic heterocycles. The first-order valence-electron chi connectivity index (χ1n) is 5.88. The highest BCUT2D eigenvalue weighted by atomic mass is 35.5. The highest BCUT2D eigenvalue weighted by molar-refractivity contribution is 7.10. The SMILES string of the molecule is CCn1nc(C)c(Cl)c1CC(NN)c1cccs1. The van der Waals surface area contributed by atoms with Crippen LogP contribution in [0.3, 0.4) is 0 Å². The summed E-state index contributed by atoms with van der Waals surface area (Å²) in [6.07, 6.45) is 0.741. The third-order valence-electron chi connectivity index (χ3n) is 2.94. The molecule has 6 heteroatoms. The normalized spacial score (nSPS) is 12.9. The van der Waals surface area contributed by atoms with Crippen LogP contribution in [0.25, 0.3) is 0 Å². The first-order chi connectivity index (χ1) is 8.67. The van der Waals surface area contributed by atoms with Crippen LogP contribution >= 0.6 is 22.9 Å². The zero-order valence-corrected chi connectivity index (χ0v) is 12.1. The van der Waals surface area contributed by atoms with Crippen LogP contribution < -0.4 is 11.3 Å². The van der Waals surface area contributed by atoms with Crippen molar-refractivity contribution in [3.8, 4) is 0 Å². The van der Waals surface area contributed by atoms with Crippen LogP contribution in [0.4, 0.5) is 0 Å². The standard InChI is InChI=1S/C12H17ClN4S/c1-3-17-10(12(13)8(2)16-17)7-9(15-14)11-5-4-6-18-11/h4-6,9,15H,3,7,14H2,1-2H3. The van der Waals surface area contributed by atoms with Crippen LogP contribution in [0.1, 0.15) is 29.2 Å². The molecule has 1 unspecified atom stereocenters. The van der Waals surface area contributed by atoms with Gasteiger partial charge < -0.3 is 0 Å². The monoisotopic (exact) mass is 284 g/mol. The summed E-state index contributed by atoms with van der Waals surface area (Å²) >= 11 is 7.99. The molecule has 4 nitrogen and oxygen atoms in total.